The van der Waals surface area contributed by atoms with Gasteiger partial charge in [0.05, 0.1) is 19.1 Å². The molecular formula is C12H15NO4. The molecular weight excluding hydrogens is 222 g/mol. The minimum absolute atomic E-state index is 0.0502. The lowest BCUT2D eigenvalue weighted by atomic mass is 10.1. The third-order valence-corrected chi connectivity index (χ3v) is 2.40. The molecule has 92 valence electrons. The van der Waals surface area contributed by atoms with Crippen LogP contribution in [0.1, 0.15) is 18.1 Å². The maximum absolute atomic E-state index is 10.6. The number of aryl methyl sites for hydroxylation is 1. The number of hydrogen-bond donors (Lipinski definition) is 0. The highest BCUT2D eigenvalue weighted by Crippen LogP contribution is 2.29. The quantitative estimate of drug-likeness (QED) is 0.596. The van der Waals surface area contributed by atoms with Gasteiger partial charge in [-0.1, -0.05) is 0 Å². The van der Waals surface area contributed by atoms with E-state index in [2.05, 4.69) is 0 Å². The monoisotopic (exact) mass is 237 g/mol. The Morgan fingerprint density at radius 2 is 1.88 bits per heavy atom. The molecule has 0 amide bonds. The van der Waals surface area contributed by atoms with Crippen molar-refractivity contribution in [2.45, 2.75) is 13.8 Å². The zero-order valence-electron chi connectivity index (χ0n) is 10.3. The highest BCUT2D eigenvalue weighted by atomic mass is 16.6. The van der Waals surface area contributed by atoms with Crippen molar-refractivity contribution < 1.29 is 14.4 Å². The van der Waals surface area contributed by atoms with Crippen molar-refractivity contribution in [2.75, 3.05) is 14.2 Å². The van der Waals surface area contributed by atoms with E-state index in [1.165, 1.54) is 20.1 Å². The van der Waals surface area contributed by atoms with Gasteiger partial charge in [-0.25, -0.2) is 0 Å². The van der Waals surface area contributed by atoms with Crippen molar-refractivity contribution in [3.8, 4) is 11.5 Å². The van der Waals surface area contributed by atoms with Crippen LogP contribution in [-0.4, -0.2) is 19.1 Å². The van der Waals surface area contributed by atoms with Gasteiger partial charge in [0.1, 0.15) is 11.5 Å². The first-order valence-electron chi connectivity index (χ1n) is 5.05. The molecule has 0 atom stereocenters. The largest absolute Gasteiger partial charge is 0.496 e. The molecule has 1 aromatic carbocycles. The normalized spacial score (nSPS) is 11.2. The predicted molar refractivity (Wildman–Crippen MR) is 64.9 cm³/mol. The second kappa shape index (κ2) is 5.34. The lowest BCUT2D eigenvalue weighted by Gasteiger charge is -2.10. The van der Waals surface area contributed by atoms with Gasteiger partial charge in [0.25, 0.3) is 0 Å². The average Bonchev–Trinajstić information content (AvgIpc) is 2.30. The van der Waals surface area contributed by atoms with Crippen LogP contribution in [0.25, 0.3) is 6.08 Å². The number of nitrogens with zero attached hydrogens (tertiary/aromatic N) is 1. The summed E-state index contributed by atoms with van der Waals surface area (Å²) >= 11 is 0. The minimum Gasteiger partial charge on any atom is -0.496 e. The molecule has 5 heteroatoms. The average molecular weight is 237 g/mol. The molecule has 0 spiro atoms. The molecule has 0 N–H and O–H groups in total. The molecule has 0 fully saturated rings. The SMILES string of the molecule is COc1cc(C=C(C)[N+](=O)[O-])c(OC)cc1C. The lowest BCUT2D eigenvalue weighted by Crippen LogP contribution is -1.96. The van der Waals surface area contributed by atoms with Gasteiger partial charge in [-0.2, -0.15) is 0 Å². The number of allylic oxidation sites excluding steroid dienone is 1. The number of methoxy groups -OCH3 is 2. The summed E-state index contributed by atoms with van der Waals surface area (Å²) in [5.41, 5.74) is 1.60. The van der Waals surface area contributed by atoms with E-state index in [1.807, 2.05) is 6.92 Å². The number of hydrogen-bond acceptors (Lipinski definition) is 4. The number of ether oxygens (including phenoxy) is 2. The van der Waals surface area contributed by atoms with Crippen LogP contribution in [0, 0.1) is 17.0 Å². The fourth-order valence-corrected chi connectivity index (χ4v) is 1.46. The Morgan fingerprint density at radius 1 is 1.29 bits per heavy atom. The van der Waals surface area contributed by atoms with Crippen LogP contribution in [0.4, 0.5) is 0 Å². The van der Waals surface area contributed by atoms with Gasteiger partial charge in [-0.15, -0.1) is 0 Å². The van der Waals surface area contributed by atoms with Crippen molar-refractivity contribution in [3.63, 3.8) is 0 Å². The third kappa shape index (κ3) is 2.96. The van der Waals surface area contributed by atoms with Crippen LogP contribution < -0.4 is 9.47 Å². The predicted octanol–water partition coefficient (Wildman–Crippen LogP) is 2.65. The zero-order valence-corrected chi connectivity index (χ0v) is 10.3. The molecule has 0 aliphatic carbocycles. The van der Waals surface area contributed by atoms with Crippen LogP contribution in [-0.2, 0) is 0 Å². The summed E-state index contributed by atoms with van der Waals surface area (Å²) < 4.78 is 10.4. The van der Waals surface area contributed by atoms with Crippen LogP contribution in [0.15, 0.2) is 17.8 Å². The van der Waals surface area contributed by atoms with Crippen molar-refractivity contribution in [1.29, 1.82) is 0 Å². The van der Waals surface area contributed by atoms with Crippen LogP contribution in [0.2, 0.25) is 0 Å². The van der Waals surface area contributed by atoms with E-state index in [4.69, 9.17) is 9.47 Å². The molecule has 0 aromatic heterocycles. The Bertz CT molecular complexity index is 466. The Labute approximate surface area is 99.8 Å². The van der Waals surface area contributed by atoms with Crippen molar-refractivity contribution in [2.24, 2.45) is 0 Å². The highest BCUT2D eigenvalue weighted by Gasteiger charge is 2.10. The van der Waals surface area contributed by atoms with E-state index < -0.39 is 4.92 Å². The molecule has 1 aromatic rings. The molecule has 0 saturated heterocycles. The molecule has 0 heterocycles. The summed E-state index contributed by atoms with van der Waals surface area (Å²) in [4.78, 5) is 10.2. The van der Waals surface area contributed by atoms with Crippen molar-refractivity contribution >= 4 is 6.08 Å². The van der Waals surface area contributed by atoms with E-state index in [0.29, 0.717) is 17.1 Å². The second-order valence-electron chi connectivity index (χ2n) is 3.61. The van der Waals surface area contributed by atoms with Gasteiger partial charge in [0.2, 0.25) is 5.70 Å². The zero-order chi connectivity index (χ0) is 13.0. The van der Waals surface area contributed by atoms with E-state index in [9.17, 15) is 10.1 Å². The Hall–Kier alpha value is -2.04. The molecule has 0 bridgehead atoms. The number of benzene rings is 1. The summed E-state index contributed by atoms with van der Waals surface area (Å²) in [6.45, 7) is 3.32. The lowest BCUT2D eigenvalue weighted by molar-refractivity contribution is -0.422. The first-order chi connectivity index (χ1) is 7.99. The van der Waals surface area contributed by atoms with Crippen molar-refractivity contribution in [3.05, 3.63) is 39.1 Å². The summed E-state index contributed by atoms with van der Waals surface area (Å²) in [7, 11) is 3.09. The van der Waals surface area contributed by atoms with Crippen LogP contribution in [0.5, 0.6) is 11.5 Å². The maximum atomic E-state index is 10.6. The Morgan fingerprint density at radius 3 is 2.35 bits per heavy atom. The molecule has 5 nitrogen and oxygen atoms in total. The third-order valence-electron chi connectivity index (χ3n) is 2.40. The van der Waals surface area contributed by atoms with Crippen LogP contribution >= 0.6 is 0 Å². The fourth-order valence-electron chi connectivity index (χ4n) is 1.46. The van der Waals surface area contributed by atoms with E-state index >= 15 is 0 Å². The molecule has 0 unspecified atom stereocenters. The molecule has 0 saturated carbocycles. The Kier molecular flexibility index (Phi) is 4.09. The standard InChI is InChI=1S/C12H15NO4/c1-8-5-12(17-4)10(7-11(8)16-3)6-9(2)13(14)15/h5-7H,1-4H3. The smallest absolute Gasteiger partial charge is 0.243 e. The van der Waals surface area contributed by atoms with Crippen LogP contribution in [0.3, 0.4) is 0 Å². The van der Waals surface area contributed by atoms with E-state index in [-0.39, 0.29) is 5.70 Å². The van der Waals surface area contributed by atoms with Gasteiger partial charge in [0.15, 0.2) is 0 Å². The molecule has 0 radical (unpaired) electrons. The van der Waals surface area contributed by atoms with E-state index in [0.717, 1.165) is 5.56 Å². The maximum Gasteiger partial charge on any atom is 0.243 e. The summed E-state index contributed by atoms with van der Waals surface area (Å²) in [6, 6.07) is 3.51. The summed E-state index contributed by atoms with van der Waals surface area (Å²) in [5.74, 6) is 1.26. The van der Waals surface area contributed by atoms with Gasteiger partial charge >= 0.3 is 0 Å². The Balaban J connectivity index is 3.31. The number of rotatable bonds is 4. The van der Waals surface area contributed by atoms with Gasteiger partial charge in [-0.05, 0) is 24.6 Å². The molecule has 0 aliphatic heterocycles. The highest BCUT2D eigenvalue weighted by molar-refractivity contribution is 5.62. The van der Waals surface area contributed by atoms with E-state index in [1.54, 1.807) is 19.2 Å². The molecule has 0 aliphatic rings. The van der Waals surface area contributed by atoms with Gasteiger partial charge < -0.3 is 9.47 Å². The number of nitro groups is 1. The minimum atomic E-state index is -0.439. The van der Waals surface area contributed by atoms with Gasteiger partial charge in [0, 0.05) is 18.6 Å². The molecule has 17 heavy (non-hydrogen) atoms. The summed E-state index contributed by atoms with van der Waals surface area (Å²) in [6.07, 6.45) is 1.46. The first kappa shape index (κ1) is 13.0. The first-order valence-corrected chi connectivity index (χ1v) is 5.05. The topological polar surface area (TPSA) is 61.6 Å². The summed E-state index contributed by atoms with van der Waals surface area (Å²) in [5, 5.41) is 10.6. The van der Waals surface area contributed by atoms with Crippen molar-refractivity contribution in [1.82, 2.24) is 0 Å². The second-order valence-corrected chi connectivity index (χ2v) is 3.61. The molecule has 1 rings (SSSR count). The van der Waals surface area contributed by atoms with Gasteiger partial charge in [-0.3, -0.25) is 10.1 Å². The fraction of sp³-hybridized carbons (Fsp3) is 0.333.